The highest BCUT2D eigenvalue weighted by atomic mass is 35.5. The predicted octanol–water partition coefficient (Wildman–Crippen LogP) is 2.99. The molecule has 1 heterocycles. The highest BCUT2D eigenvalue weighted by Gasteiger charge is 2.30. The fourth-order valence-corrected chi connectivity index (χ4v) is 3.22. The quantitative estimate of drug-likeness (QED) is 0.666. The molecule has 0 bridgehead atoms. The largest absolute Gasteiger partial charge is 0.326 e. The van der Waals surface area contributed by atoms with Crippen molar-refractivity contribution < 1.29 is 4.92 Å². The highest BCUT2D eigenvalue weighted by molar-refractivity contribution is 5.85. The van der Waals surface area contributed by atoms with E-state index >= 15 is 0 Å². The molecule has 6 heteroatoms. The maximum atomic E-state index is 10.7. The van der Waals surface area contributed by atoms with Crippen LogP contribution >= 0.6 is 12.4 Å². The molecule has 2 N–H and O–H groups in total. The summed E-state index contributed by atoms with van der Waals surface area (Å²) < 4.78 is 0. The smallest absolute Gasteiger partial charge is 0.269 e. The Morgan fingerprint density at radius 3 is 2.38 bits per heavy atom. The molecule has 0 aliphatic carbocycles. The Morgan fingerprint density at radius 1 is 1.08 bits per heavy atom. The number of benzene rings is 2. The van der Waals surface area contributed by atoms with Gasteiger partial charge in [-0.15, -0.1) is 12.4 Å². The van der Waals surface area contributed by atoms with E-state index in [1.165, 1.54) is 5.56 Å². The molecule has 1 saturated heterocycles. The lowest BCUT2D eigenvalue weighted by atomic mass is 9.95. The highest BCUT2D eigenvalue weighted by Crippen LogP contribution is 2.26. The number of non-ortho nitro benzene ring substituents is 1. The predicted molar refractivity (Wildman–Crippen MR) is 97.6 cm³/mol. The van der Waals surface area contributed by atoms with E-state index in [-0.39, 0.29) is 29.1 Å². The van der Waals surface area contributed by atoms with Gasteiger partial charge in [0.05, 0.1) is 4.92 Å². The first-order valence-corrected chi connectivity index (χ1v) is 7.89. The second-order valence-electron chi connectivity index (χ2n) is 6.11. The molecule has 1 fully saturated rings. The number of halogens is 1. The summed E-state index contributed by atoms with van der Waals surface area (Å²) in [5.74, 6) is 0.382. The second kappa shape index (κ2) is 8.24. The average Bonchev–Trinajstić information content (AvgIpc) is 2.95. The van der Waals surface area contributed by atoms with Crippen molar-refractivity contribution in [1.29, 1.82) is 0 Å². The van der Waals surface area contributed by atoms with Crippen LogP contribution in [0.3, 0.4) is 0 Å². The van der Waals surface area contributed by atoms with Gasteiger partial charge in [-0.05, 0) is 17.5 Å². The minimum absolute atomic E-state index is 0. The Balaban J connectivity index is 0.00000208. The molecule has 5 nitrogen and oxygen atoms in total. The molecule has 2 aromatic rings. The number of likely N-dealkylation sites (tertiary alicyclic amines) is 1. The monoisotopic (exact) mass is 347 g/mol. The van der Waals surface area contributed by atoms with Crippen LogP contribution in [0.1, 0.15) is 17.0 Å². The SMILES string of the molecule is Cl.N[C@@H]1CN(CCc2ccc([N+](=O)[O-])cc2)C[C@H]1c1ccccc1. The van der Waals surface area contributed by atoms with Gasteiger partial charge < -0.3 is 10.6 Å². The Labute approximate surface area is 148 Å². The number of hydrogen-bond acceptors (Lipinski definition) is 4. The third kappa shape index (κ3) is 4.32. The number of rotatable bonds is 5. The van der Waals surface area contributed by atoms with E-state index in [1.807, 2.05) is 18.2 Å². The van der Waals surface area contributed by atoms with Gasteiger partial charge in [0.15, 0.2) is 0 Å². The Morgan fingerprint density at radius 2 is 1.75 bits per heavy atom. The molecular formula is C18H22ClN3O2. The Bertz CT molecular complexity index is 664. The molecular weight excluding hydrogens is 326 g/mol. The third-order valence-electron chi connectivity index (χ3n) is 4.53. The van der Waals surface area contributed by atoms with Gasteiger partial charge in [0.25, 0.3) is 5.69 Å². The Hall–Kier alpha value is -1.95. The van der Waals surface area contributed by atoms with Crippen LogP contribution < -0.4 is 5.73 Å². The minimum Gasteiger partial charge on any atom is -0.326 e. The van der Waals surface area contributed by atoms with Crippen molar-refractivity contribution in [2.45, 2.75) is 18.4 Å². The van der Waals surface area contributed by atoms with Crippen molar-refractivity contribution >= 4 is 18.1 Å². The second-order valence-corrected chi connectivity index (χ2v) is 6.11. The lowest BCUT2D eigenvalue weighted by Gasteiger charge is -2.16. The van der Waals surface area contributed by atoms with Gasteiger partial charge in [-0.1, -0.05) is 42.5 Å². The first-order chi connectivity index (χ1) is 11.1. The molecule has 0 saturated carbocycles. The summed E-state index contributed by atoms with van der Waals surface area (Å²) in [7, 11) is 0. The molecule has 0 amide bonds. The summed E-state index contributed by atoms with van der Waals surface area (Å²) in [5.41, 5.74) is 8.87. The standard InChI is InChI=1S/C18H21N3O2.ClH/c19-18-13-20(12-17(18)15-4-2-1-3-5-15)11-10-14-6-8-16(9-7-14)21(22)23;/h1-9,17-18H,10-13,19H2;1H/t17-,18+;/m0./s1. The summed E-state index contributed by atoms with van der Waals surface area (Å²) in [4.78, 5) is 12.7. The van der Waals surface area contributed by atoms with Gasteiger partial charge in [-0.2, -0.15) is 0 Å². The zero-order chi connectivity index (χ0) is 16.2. The zero-order valence-corrected chi connectivity index (χ0v) is 14.2. The molecule has 2 aromatic carbocycles. The number of nitrogens with zero attached hydrogens (tertiary/aromatic N) is 2. The van der Waals surface area contributed by atoms with Crippen LogP contribution in [0.5, 0.6) is 0 Å². The van der Waals surface area contributed by atoms with Crippen molar-refractivity contribution in [2.24, 2.45) is 5.73 Å². The number of nitro benzene ring substituents is 1. The van der Waals surface area contributed by atoms with Crippen LogP contribution in [0.4, 0.5) is 5.69 Å². The molecule has 0 spiro atoms. The number of nitro groups is 1. The van der Waals surface area contributed by atoms with E-state index in [9.17, 15) is 10.1 Å². The first kappa shape index (κ1) is 18.4. The normalized spacial score (nSPS) is 20.5. The Kier molecular flexibility index (Phi) is 6.31. The first-order valence-electron chi connectivity index (χ1n) is 7.89. The van der Waals surface area contributed by atoms with Gasteiger partial charge in [-0.3, -0.25) is 10.1 Å². The van der Waals surface area contributed by atoms with Crippen molar-refractivity contribution in [3.8, 4) is 0 Å². The van der Waals surface area contributed by atoms with Crippen LogP contribution in [0, 0.1) is 10.1 Å². The van der Waals surface area contributed by atoms with Gasteiger partial charge in [0.1, 0.15) is 0 Å². The van der Waals surface area contributed by atoms with Crippen molar-refractivity contribution in [3.63, 3.8) is 0 Å². The topological polar surface area (TPSA) is 72.4 Å². The summed E-state index contributed by atoms with van der Waals surface area (Å²) in [6, 6.07) is 17.4. The fourth-order valence-electron chi connectivity index (χ4n) is 3.22. The van der Waals surface area contributed by atoms with E-state index in [1.54, 1.807) is 12.1 Å². The van der Waals surface area contributed by atoms with Crippen LogP contribution in [0.15, 0.2) is 54.6 Å². The molecule has 1 aliphatic heterocycles. The average molecular weight is 348 g/mol. The van der Waals surface area contributed by atoms with E-state index < -0.39 is 0 Å². The van der Waals surface area contributed by atoms with Gasteiger partial charge >= 0.3 is 0 Å². The van der Waals surface area contributed by atoms with Crippen LogP contribution in [-0.4, -0.2) is 35.5 Å². The fraction of sp³-hybridized carbons (Fsp3) is 0.333. The minimum atomic E-state index is -0.367. The molecule has 0 aromatic heterocycles. The number of hydrogen-bond donors (Lipinski definition) is 1. The van der Waals surface area contributed by atoms with Crippen molar-refractivity contribution in [2.75, 3.05) is 19.6 Å². The molecule has 0 radical (unpaired) electrons. The van der Waals surface area contributed by atoms with E-state index in [4.69, 9.17) is 5.73 Å². The van der Waals surface area contributed by atoms with Crippen LogP contribution in [-0.2, 0) is 6.42 Å². The molecule has 24 heavy (non-hydrogen) atoms. The maximum Gasteiger partial charge on any atom is 0.269 e. The molecule has 128 valence electrons. The molecule has 2 atom stereocenters. The third-order valence-corrected chi connectivity index (χ3v) is 4.53. The van der Waals surface area contributed by atoms with Crippen LogP contribution in [0.25, 0.3) is 0 Å². The van der Waals surface area contributed by atoms with Crippen molar-refractivity contribution in [3.05, 3.63) is 75.8 Å². The lowest BCUT2D eigenvalue weighted by molar-refractivity contribution is -0.384. The summed E-state index contributed by atoms with van der Waals surface area (Å²) in [6.07, 6.45) is 0.881. The van der Waals surface area contributed by atoms with Crippen LogP contribution in [0.2, 0.25) is 0 Å². The lowest BCUT2D eigenvalue weighted by Crippen LogP contribution is -2.29. The van der Waals surface area contributed by atoms with Gasteiger partial charge in [0.2, 0.25) is 0 Å². The summed E-state index contributed by atoms with van der Waals surface area (Å²) in [6.45, 7) is 2.79. The maximum absolute atomic E-state index is 10.7. The van der Waals surface area contributed by atoms with Gasteiger partial charge in [0, 0.05) is 43.7 Å². The molecule has 1 aliphatic rings. The zero-order valence-electron chi connectivity index (χ0n) is 13.4. The summed E-state index contributed by atoms with van der Waals surface area (Å²) >= 11 is 0. The van der Waals surface area contributed by atoms with Crippen molar-refractivity contribution in [1.82, 2.24) is 4.90 Å². The van der Waals surface area contributed by atoms with E-state index in [0.717, 1.165) is 31.6 Å². The van der Waals surface area contributed by atoms with E-state index in [2.05, 4.69) is 29.2 Å². The van der Waals surface area contributed by atoms with Gasteiger partial charge in [-0.25, -0.2) is 0 Å². The molecule has 3 rings (SSSR count). The molecule has 0 unspecified atom stereocenters. The van der Waals surface area contributed by atoms with E-state index in [0.29, 0.717) is 5.92 Å². The number of nitrogens with two attached hydrogens (primary N) is 1. The summed E-state index contributed by atoms with van der Waals surface area (Å²) in [5, 5.41) is 10.7.